The molecule has 0 aromatic heterocycles. The van der Waals surface area contributed by atoms with E-state index in [1.807, 2.05) is 0 Å². The maximum absolute atomic E-state index is 12.1. The molecule has 1 aliphatic rings. The summed E-state index contributed by atoms with van der Waals surface area (Å²) in [5.41, 5.74) is 0.426. The number of halogens is 1. The molecule has 1 nitrogen and oxygen atoms in total. The van der Waals surface area contributed by atoms with Crippen molar-refractivity contribution in [3.8, 4) is 0 Å². The molecule has 72 valence electrons. The Hall–Kier alpha value is -0.110. The molecule has 2 heteroatoms. The molecule has 1 unspecified atom stereocenters. The lowest BCUT2D eigenvalue weighted by Gasteiger charge is -2.28. The summed E-state index contributed by atoms with van der Waals surface area (Å²) >= 11 is 0. The minimum absolute atomic E-state index is 0.200. The van der Waals surface area contributed by atoms with Crippen molar-refractivity contribution in [2.45, 2.75) is 27.2 Å². The summed E-state index contributed by atoms with van der Waals surface area (Å²) in [6, 6.07) is 0. The van der Waals surface area contributed by atoms with Crippen LogP contribution < -0.4 is 0 Å². The van der Waals surface area contributed by atoms with Crippen LogP contribution in [-0.2, 0) is 0 Å². The van der Waals surface area contributed by atoms with Crippen LogP contribution in [0.4, 0.5) is 4.39 Å². The van der Waals surface area contributed by atoms with Crippen LogP contribution in [0.15, 0.2) is 0 Å². The van der Waals surface area contributed by atoms with Crippen LogP contribution in [0, 0.1) is 11.3 Å². The lowest BCUT2D eigenvalue weighted by molar-refractivity contribution is 0.203. The molecule has 0 radical (unpaired) electrons. The molecule has 0 aliphatic carbocycles. The third kappa shape index (κ3) is 1.98. The summed E-state index contributed by atoms with van der Waals surface area (Å²) in [5, 5.41) is 0. The highest BCUT2D eigenvalue weighted by atomic mass is 19.1. The Morgan fingerprint density at radius 2 is 2.17 bits per heavy atom. The molecule has 0 aromatic rings. The number of likely N-dealkylation sites (tertiary alicyclic amines) is 1. The third-order valence-corrected chi connectivity index (χ3v) is 3.38. The van der Waals surface area contributed by atoms with Crippen LogP contribution in [0.5, 0.6) is 0 Å². The smallest absolute Gasteiger partial charge is 0.102 e. The average molecular weight is 173 g/mol. The summed E-state index contributed by atoms with van der Waals surface area (Å²) in [6.07, 6.45) is 1.23. The zero-order valence-corrected chi connectivity index (χ0v) is 8.44. The molecule has 1 atom stereocenters. The molecule has 0 saturated carbocycles. The predicted molar refractivity (Wildman–Crippen MR) is 50.0 cm³/mol. The molecule has 1 aliphatic heterocycles. The Morgan fingerprint density at radius 3 is 2.58 bits per heavy atom. The van der Waals surface area contributed by atoms with E-state index >= 15 is 0 Å². The Morgan fingerprint density at radius 1 is 1.50 bits per heavy atom. The van der Waals surface area contributed by atoms with Gasteiger partial charge in [0.2, 0.25) is 0 Å². The number of hydrogen-bond acceptors (Lipinski definition) is 1. The second-order valence-electron chi connectivity index (χ2n) is 4.52. The quantitative estimate of drug-likeness (QED) is 0.633. The fourth-order valence-corrected chi connectivity index (χ4v) is 1.86. The Labute approximate surface area is 74.9 Å². The van der Waals surface area contributed by atoms with Crippen molar-refractivity contribution in [1.82, 2.24) is 4.90 Å². The van der Waals surface area contributed by atoms with Gasteiger partial charge in [0.15, 0.2) is 0 Å². The number of nitrogens with zero attached hydrogens (tertiary/aromatic N) is 1. The molecule has 0 N–H and O–H groups in total. The van der Waals surface area contributed by atoms with Gasteiger partial charge in [0.05, 0.1) is 0 Å². The highest BCUT2D eigenvalue weighted by Crippen LogP contribution is 2.36. The summed E-state index contributed by atoms with van der Waals surface area (Å²) in [6.45, 7) is 9.43. The molecule has 12 heavy (non-hydrogen) atoms. The molecule has 1 saturated heterocycles. The van der Waals surface area contributed by atoms with Crippen LogP contribution in [-0.4, -0.2) is 31.2 Å². The van der Waals surface area contributed by atoms with Gasteiger partial charge in [-0.25, -0.2) is 4.39 Å². The van der Waals surface area contributed by atoms with E-state index in [0.29, 0.717) is 17.9 Å². The molecule has 0 spiro atoms. The molecule has 1 heterocycles. The van der Waals surface area contributed by atoms with Crippen molar-refractivity contribution in [2.75, 3.05) is 26.3 Å². The van der Waals surface area contributed by atoms with Crippen LogP contribution in [0.1, 0.15) is 27.2 Å². The molecular weight excluding hydrogens is 153 g/mol. The molecular formula is C10H20FN. The minimum Gasteiger partial charge on any atom is -0.300 e. The maximum atomic E-state index is 12.1. The highest BCUT2D eigenvalue weighted by molar-refractivity contribution is 4.88. The van der Waals surface area contributed by atoms with Crippen molar-refractivity contribution < 1.29 is 4.39 Å². The van der Waals surface area contributed by atoms with E-state index in [9.17, 15) is 4.39 Å². The zero-order valence-electron chi connectivity index (χ0n) is 8.44. The standard InChI is InChI=1S/C10H20FN/c1-9(2)10(3)4-6-12(8-10)7-5-11/h9H,4-8H2,1-3H3. The molecule has 1 rings (SSSR count). The van der Waals surface area contributed by atoms with Crippen LogP contribution in [0.25, 0.3) is 0 Å². The summed E-state index contributed by atoms with van der Waals surface area (Å²) in [4.78, 5) is 2.24. The monoisotopic (exact) mass is 173 g/mol. The van der Waals surface area contributed by atoms with E-state index in [2.05, 4.69) is 25.7 Å². The van der Waals surface area contributed by atoms with Crippen LogP contribution >= 0.6 is 0 Å². The molecule has 0 amide bonds. The minimum atomic E-state index is -0.200. The van der Waals surface area contributed by atoms with Crippen LogP contribution in [0.2, 0.25) is 0 Å². The van der Waals surface area contributed by atoms with Gasteiger partial charge in [-0.3, -0.25) is 0 Å². The first-order valence-corrected chi connectivity index (χ1v) is 4.87. The van der Waals surface area contributed by atoms with E-state index in [4.69, 9.17) is 0 Å². The Kier molecular flexibility index (Phi) is 3.10. The topological polar surface area (TPSA) is 3.24 Å². The lowest BCUT2D eigenvalue weighted by Crippen LogP contribution is -2.30. The van der Waals surface area contributed by atoms with Gasteiger partial charge < -0.3 is 4.90 Å². The Bertz CT molecular complexity index is 147. The van der Waals surface area contributed by atoms with Gasteiger partial charge in [0, 0.05) is 13.1 Å². The first-order valence-electron chi connectivity index (χ1n) is 4.87. The molecule has 0 aromatic carbocycles. The van der Waals surface area contributed by atoms with Crippen molar-refractivity contribution in [3.63, 3.8) is 0 Å². The fourth-order valence-electron chi connectivity index (χ4n) is 1.86. The van der Waals surface area contributed by atoms with E-state index in [-0.39, 0.29) is 6.67 Å². The van der Waals surface area contributed by atoms with Gasteiger partial charge in [-0.2, -0.15) is 0 Å². The summed E-state index contributed by atoms with van der Waals surface area (Å²) < 4.78 is 12.1. The predicted octanol–water partition coefficient (Wildman–Crippen LogP) is 2.32. The summed E-state index contributed by atoms with van der Waals surface area (Å²) in [7, 11) is 0. The SMILES string of the molecule is CC(C)C1(C)CCN(CCF)C1. The van der Waals surface area contributed by atoms with Gasteiger partial charge in [-0.1, -0.05) is 20.8 Å². The number of hydrogen-bond donors (Lipinski definition) is 0. The van der Waals surface area contributed by atoms with E-state index in [1.54, 1.807) is 0 Å². The van der Waals surface area contributed by atoms with Gasteiger partial charge >= 0.3 is 0 Å². The van der Waals surface area contributed by atoms with Crippen molar-refractivity contribution in [2.24, 2.45) is 11.3 Å². The maximum Gasteiger partial charge on any atom is 0.102 e. The number of rotatable bonds is 3. The molecule has 0 bridgehead atoms. The highest BCUT2D eigenvalue weighted by Gasteiger charge is 2.35. The number of alkyl halides is 1. The van der Waals surface area contributed by atoms with Crippen molar-refractivity contribution >= 4 is 0 Å². The van der Waals surface area contributed by atoms with Crippen molar-refractivity contribution in [1.29, 1.82) is 0 Å². The van der Waals surface area contributed by atoms with Crippen molar-refractivity contribution in [3.05, 3.63) is 0 Å². The Balaban J connectivity index is 2.43. The zero-order chi connectivity index (χ0) is 9.19. The lowest BCUT2D eigenvalue weighted by atomic mass is 9.79. The van der Waals surface area contributed by atoms with E-state index < -0.39 is 0 Å². The van der Waals surface area contributed by atoms with Gasteiger partial charge in [0.1, 0.15) is 6.67 Å². The second-order valence-corrected chi connectivity index (χ2v) is 4.52. The molecule has 1 fully saturated rings. The first-order chi connectivity index (χ1) is 5.58. The van der Waals surface area contributed by atoms with Gasteiger partial charge in [-0.05, 0) is 24.3 Å². The third-order valence-electron chi connectivity index (χ3n) is 3.38. The fraction of sp³-hybridized carbons (Fsp3) is 1.00. The van der Waals surface area contributed by atoms with Crippen LogP contribution in [0.3, 0.4) is 0 Å². The van der Waals surface area contributed by atoms with E-state index in [0.717, 1.165) is 13.1 Å². The van der Waals surface area contributed by atoms with Gasteiger partial charge in [0.25, 0.3) is 0 Å². The normalized spacial score (nSPS) is 31.8. The second kappa shape index (κ2) is 3.73. The summed E-state index contributed by atoms with van der Waals surface area (Å²) in [5.74, 6) is 0.710. The largest absolute Gasteiger partial charge is 0.300 e. The first kappa shape index (κ1) is 9.97. The van der Waals surface area contributed by atoms with E-state index in [1.165, 1.54) is 6.42 Å². The average Bonchev–Trinajstić information content (AvgIpc) is 2.34. The van der Waals surface area contributed by atoms with Gasteiger partial charge in [-0.15, -0.1) is 0 Å².